The number of aromatic nitrogens is 2. The van der Waals surface area contributed by atoms with Crippen LogP contribution in [-0.4, -0.2) is 15.1 Å². The fourth-order valence-electron chi connectivity index (χ4n) is 1.90. The second-order valence-corrected chi connectivity index (χ2v) is 5.69. The number of benzene rings is 2. The van der Waals surface area contributed by atoms with E-state index in [9.17, 15) is 10.1 Å². The number of anilines is 2. The molecule has 0 aliphatic heterocycles. The van der Waals surface area contributed by atoms with Crippen LogP contribution in [0.5, 0.6) is 0 Å². The van der Waals surface area contributed by atoms with E-state index in [0.717, 1.165) is 5.69 Å². The number of nitrogens with zero attached hydrogens (tertiary/aromatic N) is 3. The van der Waals surface area contributed by atoms with Crippen molar-refractivity contribution in [2.75, 3.05) is 5.32 Å². The third kappa shape index (κ3) is 4.36. The van der Waals surface area contributed by atoms with E-state index >= 15 is 0 Å². The highest BCUT2D eigenvalue weighted by Gasteiger charge is 2.11. The Kier molecular flexibility index (Phi) is 5.97. The lowest BCUT2D eigenvalue weighted by Gasteiger charge is -2.01. The third-order valence-corrected chi connectivity index (χ3v) is 3.92. The highest BCUT2D eigenvalue weighted by molar-refractivity contribution is 7.18. The molecule has 124 valence electrons. The molecule has 6 nitrogen and oxygen atoms in total. The van der Waals surface area contributed by atoms with Crippen molar-refractivity contribution in [3.63, 3.8) is 0 Å². The van der Waals surface area contributed by atoms with Crippen LogP contribution in [0.1, 0.15) is 19.4 Å². The summed E-state index contributed by atoms with van der Waals surface area (Å²) in [5.41, 5.74) is 2.83. The standard InChI is InChI=1S/C15H12N4O2S.C2H6/c1-10-5-7-12(8-6-10)16-15-18-17-14(22-15)11-3-2-4-13(9-11)19(20)21;1-2/h2-9H,1H3,(H,16,18);1-2H3. The lowest BCUT2D eigenvalue weighted by atomic mass is 10.2. The Balaban J connectivity index is 0.00000100. The first-order chi connectivity index (χ1) is 11.6. The van der Waals surface area contributed by atoms with Crippen LogP contribution in [0, 0.1) is 17.0 Å². The molecule has 0 fully saturated rings. The summed E-state index contributed by atoms with van der Waals surface area (Å²) in [5, 5.41) is 23.4. The van der Waals surface area contributed by atoms with Gasteiger partial charge in [0.05, 0.1) is 4.92 Å². The van der Waals surface area contributed by atoms with Gasteiger partial charge in [-0.1, -0.05) is 55.0 Å². The molecule has 0 aliphatic rings. The summed E-state index contributed by atoms with van der Waals surface area (Å²) in [4.78, 5) is 10.4. The highest BCUT2D eigenvalue weighted by atomic mass is 32.1. The molecule has 1 heterocycles. The molecule has 0 atom stereocenters. The molecule has 0 aliphatic carbocycles. The maximum atomic E-state index is 10.8. The first-order valence-corrected chi connectivity index (χ1v) is 8.35. The van der Waals surface area contributed by atoms with Crippen molar-refractivity contribution in [2.24, 2.45) is 0 Å². The molecule has 1 N–H and O–H groups in total. The normalized spacial score (nSPS) is 9.79. The van der Waals surface area contributed by atoms with Gasteiger partial charge in [-0.3, -0.25) is 10.1 Å². The first kappa shape index (κ1) is 17.6. The molecule has 0 bridgehead atoms. The molecule has 3 rings (SSSR count). The summed E-state index contributed by atoms with van der Waals surface area (Å²) in [6, 6.07) is 14.3. The SMILES string of the molecule is CC.Cc1ccc(Nc2nnc(-c3cccc([N+](=O)[O-])c3)s2)cc1. The Morgan fingerprint density at radius 1 is 1.08 bits per heavy atom. The summed E-state index contributed by atoms with van der Waals surface area (Å²) < 4.78 is 0. The zero-order valence-corrected chi connectivity index (χ0v) is 14.5. The minimum Gasteiger partial charge on any atom is -0.330 e. The van der Waals surface area contributed by atoms with E-state index in [1.165, 1.54) is 29.0 Å². The monoisotopic (exact) mass is 342 g/mol. The van der Waals surface area contributed by atoms with Gasteiger partial charge in [0.15, 0.2) is 0 Å². The second-order valence-electron chi connectivity index (χ2n) is 4.71. The number of nitro benzene ring substituents is 1. The predicted molar refractivity (Wildman–Crippen MR) is 97.8 cm³/mol. The van der Waals surface area contributed by atoms with E-state index in [4.69, 9.17) is 0 Å². The van der Waals surface area contributed by atoms with E-state index in [-0.39, 0.29) is 5.69 Å². The molecule has 0 amide bonds. The van der Waals surface area contributed by atoms with Gasteiger partial charge in [-0.05, 0) is 19.1 Å². The molecule has 0 saturated heterocycles. The van der Waals surface area contributed by atoms with Crippen LogP contribution in [0.25, 0.3) is 10.6 Å². The quantitative estimate of drug-likeness (QED) is 0.521. The summed E-state index contributed by atoms with van der Waals surface area (Å²) in [6.45, 7) is 6.02. The van der Waals surface area contributed by atoms with Crippen LogP contribution >= 0.6 is 11.3 Å². The van der Waals surface area contributed by atoms with Crippen LogP contribution in [0.15, 0.2) is 48.5 Å². The molecule has 0 unspecified atom stereocenters. The average molecular weight is 342 g/mol. The number of non-ortho nitro benzene ring substituents is 1. The Morgan fingerprint density at radius 2 is 1.79 bits per heavy atom. The summed E-state index contributed by atoms with van der Waals surface area (Å²) in [5.74, 6) is 0. The second kappa shape index (κ2) is 8.16. The van der Waals surface area contributed by atoms with Gasteiger partial charge in [-0.15, -0.1) is 10.2 Å². The molecular formula is C17H18N4O2S. The predicted octanol–water partition coefficient (Wildman–Crippen LogP) is 5.19. The number of hydrogen-bond acceptors (Lipinski definition) is 6. The van der Waals surface area contributed by atoms with Gasteiger partial charge in [0.1, 0.15) is 5.01 Å². The smallest absolute Gasteiger partial charge is 0.270 e. The topological polar surface area (TPSA) is 81.0 Å². The molecule has 2 aromatic carbocycles. The molecular weight excluding hydrogens is 324 g/mol. The van der Waals surface area contributed by atoms with E-state index in [1.54, 1.807) is 12.1 Å². The zero-order chi connectivity index (χ0) is 17.5. The fraction of sp³-hybridized carbons (Fsp3) is 0.176. The number of aryl methyl sites for hydroxylation is 1. The Bertz CT molecular complexity index is 815. The van der Waals surface area contributed by atoms with Gasteiger partial charge >= 0.3 is 0 Å². The van der Waals surface area contributed by atoms with Gasteiger partial charge in [-0.2, -0.15) is 0 Å². The van der Waals surface area contributed by atoms with Gasteiger partial charge in [0.25, 0.3) is 5.69 Å². The van der Waals surface area contributed by atoms with Crippen molar-refractivity contribution in [2.45, 2.75) is 20.8 Å². The lowest BCUT2D eigenvalue weighted by molar-refractivity contribution is -0.384. The van der Waals surface area contributed by atoms with Crippen molar-refractivity contribution in [3.05, 3.63) is 64.2 Å². The Morgan fingerprint density at radius 3 is 2.46 bits per heavy atom. The van der Waals surface area contributed by atoms with Crippen molar-refractivity contribution in [1.82, 2.24) is 10.2 Å². The van der Waals surface area contributed by atoms with E-state index in [2.05, 4.69) is 15.5 Å². The summed E-state index contributed by atoms with van der Waals surface area (Å²) in [7, 11) is 0. The molecule has 7 heteroatoms. The van der Waals surface area contributed by atoms with Gasteiger partial charge in [-0.25, -0.2) is 0 Å². The van der Waals surface area contributed by atoms with E-state index in [1.807, 2.05) is 45.0 Å². The van der Waals surface area contributed by atoms with Gasteiger partial charge < -0.3 is 5.32 Å². The van der Waals surface area contributed by atoms with Crippen LogP contribution in [-0.2, 0) is 0 Å². The zero-order valence-electron chi connectivity index (χ0n) is 13.7. The molecule has 0 radical (unpaired) electrons. The van der Waals surface area contributed by atoms with E-state index in [0.29, 0.717) is 15.7 Å². The Labute approximate surface area is 144 Å². The van der Waals surface area contributed by atoms with Gasteiger partial charge in [0, 0.05) is 23.4 Å². The molecule has 0 spiro atoms. The van der Waals surface area contributed by atoms with Crippen molar-refractivity contribution in [1.29, 1.82) is 0 Å². The van der Waals surface area contributed by atoms with Crippen LogP contribution < -0.4 is 5.32 Å². The molecule has 3 aromatic rings. The number of nitrogens with one attached hydrogen (secondary N) is 1. The maximum Gasteiger partial charge on any atom is 0.270 e. The molecule has 1 aromatic heterocycles. The molecule has 0 saturated carbocycles. The van der Waals surface area contributed by atoms with Crippen LogP contribution in [0.3, 0.4) is 0 Å². The summed E-state index contributed by atoms with van der Waals surface area (Å²) in [6.07, 6.45) is 0. The van der Waals surface area contributed by atoms with Crippen molar-refractivity contribution < 1.29 is 4.92 Å². The van der Waals surface area contributed by atoms with Gasteiger partial charge in [0.2, 0.25) is 5.13 Å². The maximum absolute atomic E-state index is 10.8. The fourth-order valence-corrected chi connectivity index (χ4v) is 2.66. The lowest BCUT2D eigenvalue weighted by Crippen LogP contribution is -1.88. The molecule has 24 heavy (non-hydrogen) atoms. The highest BCUT2D eigenvalue weighted by Crippen LogP contribution is 2.30. The van der Waals surface area contributed by atoms with Crippen molar-refractivity contribution in [3.8, 4) is 10.6 Å². The number of nitro groups is 1. The van der Waals surface area contributed by atoms with Crippen LogP contribution in [0.2, 0.25) is 0 Å². The first-order valence-electron chi connectivity index (χ1n) is 7.54. The average Bonchev–Trinajstić information content (AvgIpc) is 3.07. The van der Waals surface area contributed by atoms with Crippen LogP contribution in [0.4, 0.5) is 16.5 Å². The van der Waals surface area contributed by atoms with E-state index < -0.39 is 4.92 Å². The van der Waals surface area contributed by atoms with Crippen molar-refractivity contribution >= 4 is 27.8 Å². The minimum absolute atomic E-state index is 0.0424. The number of hydrogen-bond donors (Lipinski definition) is 1. The Hall–Kier alpha value is -2.80. The number of rotatable bonds is 4. The largest absolute Gasteiger partial charge is 0.330 e. The minimum atomic E-state index is -0.421. The summed E-state index contributed by atoms with van der Waals surface area (Å²) >= 11 is 1.35. The third-order valence-electron chi connectivity index (χ3n) is 3.03.